The zero-order chi connectivity index (χ0) is 80.0. The molecule has 48 heteroatoms. The van der Waals surface area contributed by atoms with Crippen LogP contribution in [0.5, 0.6) is 17.6 Å². The molecule has 0 radical (unpaired) electrons. The number of aliphatic hydroxyl groups is 6. The van der Waals surface area contributed by atoms with Crippen LogP contribution in [-0.4, -0.2) is 255 Å². The van der Waals surface area contributed by atoms with E-state index in [0.717, 1.165) is 34.1 Å². The van der Waals surface area contributed by atoms with E-state index in [1.165, 1.54) is 74.2 Å². The van der Waals surface area contributed by atoms with E-state index in [1.54, 1.807) is 62.3 Å². The van der Waals surface area contributed by atoms with Gasteiger partial charge in [-0.25, -0.2) is 30.2 Å². The summed E-state index contributed by atoms with van der Waals surface area (Å²) in [4.78, 5) is 73.5. The van der Waals surface area contributed by atoms with Gasteiger partial charge in [-0.15, -0.1) is 0 Å². The van der Waals surface area contributed by atoms with Crippen molar-refractivity contribution in [3.8, 4) is 17.6 Å². The van der Waals surface area contributed by atoms with Crippen LogP contribution in [-0.2, 0) is 70.1 Å². The fourth-order valence-electron chi connectivity index (χ4n) is 11.1. The summed E-state index contributed by atoms with van der Waals surface area (Å²) in [5, 5.41) is 74.1. The lowest BCUT2D eigenvalue weighted by molar-refractivity contribution is -0.145. The van der Waals surface area contributed by atoms with Crippen LogP contribution in [0.15, 0.2) is 19.0 Å². The van der Waals surface area contributed by atoms with Crippen LogP contribution >= 0.6 is 54.3 Å². The average molecular weight is 1650 g/mol. The van der Waals surface area contributed by atoms with Gasteiger partial charge in [-0.3, -0.25) is 41.8 Å². The summed E-state index contributed by atoms with van der Waals surface area (Å²) in [5.74, 6) is -0.0902. The lowest BCUT2D eigenvalue weighted by Gasteiger charge is -2.27. The van der Waals surface area contributed by atoms with Gasteiger partial charge in [0.2, 0.25) is 35.5 Å². The Morgan fingerprint density at radius 3 is 0.917 bits per heavy atom. The van der Waals surface area contributed by atoms with Crippen LogP contribution in [0.1, 0.15) is 123 Å². The largest absolute Gasteiger partial charge is 0.476 e. The summed E-state index contributed by atoms with van der Waals surface area (Å²) in [6.45, 7) is 14.2. The SMILES string of the molecule is CCOC(=O)[C@@H](C)N[P@@](=O)(OC[C@H]1O[C@@H](n2cnc3c(OCC)nc(N)nc32)[C@](C)(O)[C@@H]1O)SCC.CCOC(=O)[C@H](C)NP(=O)(OC[C@H]1O[C@@H](n2cnc3c(OCC)nc(N)nc32)[C@](C)(O)[C@@H]1O)SCC.CCOC(=O)[C@H](C)N[P@](=O)(OC[C@H]1O[C@@H](n2cnc3c(OCC)nc(N)nc32)[C@](C)(O)[C@@H]1O)SCC. The molecule has 3 aliphatic rings. The number of aromatic nitrogens is 12. The molecule has 0 amide bonds. The number of nitrogen functional groups attached to an aromatic ring is 3. The van der Waals surface area contributed by atoms with Gasteiger partial charge >= 0.3 is 38.1 Å². The van der Waals surface area contributed by atoms with Gasteiger partial charge in [-0.1, -0.05) is 54.9 Å². The normalized spacial score (nSPS) is 26.6. The van der Waals surface area contributed by atoms with Gasteiger partial charge in [0.15, 0.2) is 52.2 Å². The molecule has 42 nitrogen and oxygen atoms in total. The highest BCUT2D eigenvalue weighted by atomic mass is 32.7. The smallest absolute Gasteiger partial charge is 0.327 e. The molecule has 0 spiro atoms. The molecule has 1 unspecified atom stereocenters. The summed E-state index contributed by atoms with van der Waals surface area (Å²) < 4.78 is 110. The average Bonchev–Trinajstić information content (AvgIpc) is 1.61. The highest BCUT2D eigenvalue weighted by Crippen LogP contribution is 2.59. The number of rotatable bonds is 36. The van der Waals surface area contributed by atoms with E-state index in [-0.39, 0.29) is 92.1 Å². The maximum Gasteiger partial charge on any atom is 0.327 e. The molecule has 0 aromatic carbocycles. The molecular weight excluding hydrogens is 1550 g/mol. The van der Waals surface area contributed by atoms with Crippen LogP contribution in [0.2, 0.25) is 0 Å². The number of hydrogen-bond donors (Lipinski definition) is 12. The molecule has 3 fully saturated rings. The molecule has 0 saturated carbocycles. The van der Waals surface area contributed by atoms with E-state index < -0.39 is 128 Å². The third kappa shape index (κ3) is 21.0. The first-order valence-electron chi connectivity index (χ1n) is 34.5. The van der Waals surface area contributed by atoms with Gasteiger partial charge in [-0.2, -0.15) is 29.9 Å². The number of nitrogens with two attached hydrogens (primary N) is 3. The number of imidazole rings is 3. The first kappa shape index (κ1) is 89.2. The predicted octanol–water partition coefficient (Wildman–Crippen LogP) is 3.71. The van der Waals surface area contributed by atoms with Crippen molar-refractivity contribution in [3.05, 3.63) is 19.0 Å². The maximum atomic E-state index is 13.3. The van der Waals surface area contributed by atoms with Crippen LogP contribution in [0.25, 0.3) is 33.5 Å². The van der Waals surface area contributed by atoms with Crippen LogP contribution in [0, 0.1) is 0 Å². The van der Waals surface area contributed by atoms with Crippen molar-refractivity contribution in [2.75, 3.05) is 93.9 Å². The van der Waals surface area contributed by atoms with Crippen molar-refractivity contribution >= 4 is 124 Å². The molecule has 0 bridgehead atoms. The molecule has 108 heavy (non-hydrogen) atoms. The Balaban J connectivity index is 0.000000226. The second kappa shape index (κ2) is 38.5. The predicted molar refractivity (Wildman–Crippen MR) is 397 cm³/mol. The van der Waals surface area contributed by atoms with Crippen LogP contribution in [0.3, 0.4) is 0 Å². The molecule has 15 N–H and O–H groups in total. The van der Waals surface area contributed by atoms with Gasteiger partial charge in [0.25, 0.3) is 0 Å². The standard InChI is InChI=1S/3C20H33N6O8PS/c3*1-6-31-16-13-15(23-19(21)24-16)26(10-22-13)18-20(5,29)14(27)12(34-18)9-33-35(30,36-8-3)25-11(4)17(28)32-7-2/h3*10-12,14,18,27,29H,6-9H2,1-5H3,(H,25,30)(H2,21,23,24)/t11-,12+,14+,18+,20+,35?;11-,12+,14+,18+,20+,35-;11-,12-,14-,18-,20-,35-/m001/s1. The van der Waals surface area contributed by atoms with Crippen molar-refractivity contribution in [1.29, 1.82) is 0 Å². The van der Waals surface area contributed by atoms with Gasteiger partial charge < -0.3 is 104 Å². The molecule has 3 aliphatic heterocycles. The van der Waals surface area contributed by atoms with Crippen molar-refractivity contribution in [2.24, 2.45) is 0 Å². The molecule has 6 aromatic heterocycles. The van der Waals surface area contributed by atoms with Gasteiger partial charge in [0, 0.05) is 17.3 Å². The fourth-order valence-corrected chi connectivity index (χ4v) is 21.9. The van der Waals surface area contributed by atoms with E-state index in [9.17, 15) is 58.7 Å². The number of anilines is 3. The summed E-state index contributed by atoms with van der Waals surface area (Å²) in [5.41, 5.74) is 13.7. The van der Waals surface area contributed by atoms with Crippen molar-refractivity contribution in [1.82, 2.24) is 73.8 Å². The van der Waals surface area contributed by atoms with E-state index in [1.807, 2.05) is 0 Å². The molecule has 18 atom stereocenters. The van der Waals surface area contributed by atoms with Gasteiger partial charge in [-0.05, 0) is 83.1 Å². The molecule has 0 aliphatic carbocycles. The fraction of sp³-hybridized carbons (Fsp3) is 0.700. The Morgan fingerprint density at radius 2 is 0.704 bits per heavy atom. The number of carbonyl (C=O) groups excluding carboxylic acids is 3. The van der Waals surface area contributed by atoms with E-state index >= 15 is 0 Å². The summed E-state index contributed by atoms with van der Waals surface area (Å²) in [6, 6.07) is -2.66. The number of aliphatic hydroxyl groups excluding tert-OH is 3. The minimum atomic E-state index is -3.59. The third-order valence-corrected chi connectivity index (χ3v) is 28.8. The summed E-state index contributed by atoms with van der Waals surface area (Å²) >= 11 is 2.97. The maximum absolute atomic E-state index is 13.3. The second-order valence-electron chi connectivity index (χ2n) is 24.5. The van der Waals surface area contributed by atoms with Crippen LogP contribution in [0.4, 0.5) is 17.8 Å². The minimum Gasteiger partial charge on any atom is -0.476 e. The number of ether oxygens (including phenoxy) is 9. The van der Waals surface area contributed by atoms with Gasteiger partial charge in [0.05, 0.1) is 78.4 Å². The van der Waals surface area contributed by atoms with E-state index in [0.29, 0.717) is 53.6 Å². The quantitative estimate of drug-likeness (QED) is 0.0151. The molecule has 9 heterocycles. The van der Waals surface area contributed by atoms with E-state index in [4.69, 9.17) is 73.4 Å². The lowest BCUT2D eigenvalue weighted by atomic mass is 9.96. The third-order valence-electron chi connectivity index (χ3n) is 16.2. The zero-order valence-corrected chi connectivity index (χ0v) is 67.5. The highest BCUT2D eigenvalue weighted by Gasteiger charge is 2.57. The molecule has 9 rings (SSSR count). The monoisotopic (exact) mass is 1640 g/mol. The van der Waals surface area contributed by atoms with Crippen molar-refractivity contribution in [2.45, 2.75) is 194 Å². The first-order chi connectivity index (χ1) is 50.9. The Kier molecular flexibility index (Phi) is 31.8. The number of hydrogen-bond acceptors (Lipinski definition) is 39. The van der Waals surface area contributed by atoms with Crippen molar-refractivity contribution < 1.29 is 115 Å². The summed E-state index contributed by atoms with van der Waals surface area (Å²) in [7, 11) is 0. The molecular formula is C60H99N18O24P3S3. The Morgan fingerprint density at radius 1 is 0.463 bits per heavy atom. The van der Waals surface area contributed by atoms with E-state index in [2.05, 4.69) is 60.1 Å². The Hall–Kier alpha value is -6.00. The van der Waals surface area contributed by atoms with Crippen molar-refractivity contribution in [3.63, 3.8) is 0 Å². The molecule has 3 saturated heterocycles. The zero-order valence-electron chi connectivity index (χ0n) is 62.3. The first-order valence-corrected chi connectivity index (χ1v) is 44.1. The molecule has 606 valence electrons. The highest BCUT2D eigenvalue weighted by molar-refractivity contribution is 8.56. The topological polar surface area (TPSA) is 580 Å². The summed E-state index contributed by atoms with van der Waals surface area (Å²) in [6.07, 6.45) is -6.78. The minimum absolute atomic E-state index is 0.0647. The lowest BCUT2D eigenvalue weighted by Crippen LogP contribution is -2.44. The number of nitrogens with one attached hydrogen (secondary N) is 3. The van der Waals surface area contributed by atoms with Gasteiger partial charge in [0.1, 0.15) is 71.6 Å². The number of carbonyl (C=O) groups is 3. The number of fused-ring (bicyclic) bond motifs is 3. The Labute approximate surface area is 633 Å². The Bertz CT molecular complexity index is 3760. The second-order valence-corrected chi connectivity index (χ2v) is 38.2. The molecule has 6 aromatic rings. The number of esters is 3. The number of nitrogens with zero attached hydrogens (tertiary/aromatic N) is 12. The van der Waals surface area contributed by atoms with Crippen LogP contribution < -0.4 is 46.7 Å².